The Balaban J connectivity index is 1.85. The van der Waals surface area contributed by atoms with E-state index >= 15 is 0 Å². The van der Waals surface area contributed by atoms with Gasteiger partial charge >= 0.3 is 0 Å². The zero-order valence-corrected chi connectivity index (χ0v) is 12.1. The van der Waals surface area contributed by atoms with Crippen LogP contribution in [0.4, 0.5) is 0 Å². The van der Waals surface area contributed by atoms with Crippen LogP contribution in [0.1, 0.15) is 12.5 Å². The van der Waals surface area contributed by atoms with Crippen molar-refractivity contribution < 1.29 is 9.53 Å². The number of hydrogen-bond acceptors (Lipinski definition) is 3. The number of nitrogens with zero attached hydrogens (tertiary/aromatic N) is 1. The minimum atomic E-state index is 0.0598. The number of nitrogens with one attached hydrogen (secondary N) is 1. The number of piperazine rings is 1. The van der Waals surface area contributed by atoms with Crippen LogP contribution in [0.15, 0.2) is 23.8 Å². The number of ether oxygens (including phenoxy) is 1. The predicted molar refractivity (Wildman–Crippen MR) is 79.0 cm³/mol. The molecule has 0 unspecified atom stereocenters. The van der Waals surface area contributed by atoms with Gasteiger partial charge in [-0.05, 0) is 31.2 Å². The van der Waals surface area contributed by atoms with Crippen LogP contribution in [-0.4, -0.2) is 43.1 Å². The van der Waals surface area contributed by atoms with Crippen LogP contribution in [0.3, 0.4) is 0 Å². The fourth-order valence-corrected chi connectivity index (χ4v) is 2.78. The Kier molecular flexibility index (Phi) is 3.68. The molecular weight excluding hydrogens is 276 g/mol. The Labute approximate surface area is 123 Å². The summed E-state index contributed by atoms with van der Waals surface area (Å²) in [5.74, 6) is 0.837. The van der Waals surface area contributed by atoms with Gasteiger partial charge in [-0.2, -0.15) is 0 Å². The summed E-state index contributed by atoms with van der Waals surface area (Å²) in [6.45, 7) is 4.79. The second kappa shape index (κ2) is 5.46. The van der Waals surface area contributed by atoms with Crippen molar-refractivity contribution >= 4 is 23.6 Å². The van der Waals surface area contributed by atoms with Gasteiger partial charge in [0.2, 0.25) is 0 Å². The van der Waals surface area contributed by atoms with E-state index in [1.807, 2.05) is 23.1 Å². The van der Waals surface area contributed by atoms with E-state index < -0.39 is 0 Å². The zero-order chi connectivity index (χ0) is 14.1. The van der Waals surface area contributed by atoms with Crippen LogP contribution in [0.25, 0.3) is 6.08 Å². The van der Waals surface area contributed by atoms with E-state index in [0.717, 1.165) is 30.9 Å². The summed E-state index contributed by atoms with van der Waals surface area (Å²) >= 11 is 5.99. The van der Waals surface area contributed by atoms with Gasteiger partial charge in [0.1, 0.15) is 12.4 Å². The van der Waals surface area contributed by atoms with E-state index in [1.54, 1.807) is 6.07 Å². The van der Waals surface area contributed by atoms with Gasteiger partial charge in [-0.25, -0.2) is 0 Å². The molecule has 1 saturated heterocycles. The van der Waals surface area contributed by atoms with Gasteiger partial charge in [0.15, 0.2) is 0 Å². The van der Waals surface area contributed by atoms with Crippen molar-refractivity contribution in [3.8, 4) is 5.75 Å². The summed E-state index contributed by atoms with van der Waals surface area (Å²) in [4.78, 5) is 14.5. The molecule has 1 atom stereocenters. The first-order valence-electron chi connectivity index (χ1n) is 6.80. The van der Waals surface area contributed by atoms with Gasteiger partial charge in [-0.3, -0.25) is 4.79 Å². The van der Waals surface area contributed by atoms with Crippen LogP contribution in [0, 0.1) is 0 Å². The smallest absolute Gasteiger partial charge is 0.253 e. The average Bonchev–Trinajstić information content (AvgIpc) is 2.46. The lowest BCUT2D eigenvalue weighted by atomic mass is 10.1. The predicted octanol–water partition coefficient (Wildman–Crippen LogP) is 1.94. The maximum absolute atomic E-state index is 12.6. The van der Waals surface area contributed by atoms with Crippen molar-refractivity contribution in [2.24, 2.45) is 0 Å². The van der Waals surface area contributed by atoms with E-state index in [4.69, 9.17) is 16.3 Å². The number of rotatable bonds is 1. The largest absolute Gasteiger partial charge is 0.488 e. The summed E-state index contributed by atoms with van der Waals surface area (Å²) < 4.78 is 5.65. The molecular formula is C15H17ClN2O2. The molecule has 20 heavy (non-hydrogen) atoms. The molecule has 1 aromatic carbocycles. The standard InChI is InChI=1S/C15H17ClN2O2/c1-10-8-17-4-5-18(10)15(19)12-6-11-7-13(16)2-3-14(11)20-9-12/h2-3,6-7,10,17H,4-5,8-9H2,1H3/t10-/m0/s1. The molecule has 0 spiro atoms. The number of carbonyl (C=O) groups is 1. The van der Waals surface area contributed by atoms with E-state index in [9.17, 15) is 4.79 Å². The van der Waals surface area contributed by atoms with Crippen LogP contribution in [-0.2, 0) is 4.79 Å². The normalized spacial score (nSPS) is 21.8. The number of fused-ring (bicyclic) bond motifs is 1. The molecule has 2 heterocycles. The topological polar surface area (TPSA) is 41.6 Å². The zero-order valence-electron chi connectivity index (χ0n) is 11.4. The molecule has 1 fully saturated rings. The summed E-state index contributed by atoms with van der Waals surface area (Å²) in [5, 5.41) is 3.93. The Morgan fingerprint density at radius 2 is 2.35 bits per heavy atom. The van der Waals surface area contributed by atoms with Gasteiger partial charge in [0, 0.05) is 36.3 Å². The van der Waals surface area contributed by atoms with E-state index in [0.29, 0.717) is 17.2 Å². The lowest BCUT2D eigenvalue weighted by molar-refractivity contribution is -0.130. The Morgan fingerprint density at radius 1 is 1.50 bits per heavy atom. The van der Waals surface area contributed by atoms with Gasteiger partial charge in [-0.1, -0.05) is 11.6 Å². The fourth-order valence-electron chi connectivity index (χ4n) is 2.60. The van der Waals surface area contributed by atoms with E-state index in [2.05, 4.69) is 12.2 Å². The van der Waals surface area contributed by atoms with Crippen LogP contribution >= 0.6 is 11.6 Å². The first-order valence-corrected chi connectivity index (χ1v) is 7.17. The molecule has 0 aliphatic carbocycles. The molecule has 2 aliphatic rings. The lowest BCUT2D eigenvalue weighted by Gasteiger charge is -2.35. The first kappa shape index (κ1) is 13.5. The van der Waals surface area contributed by atoms with Crippen LogP contribution in [0.2, 0.25) is 5.02 Å². The SMILES string of the molecule is C[C@H]1CNCCN1C(=O)C1=Cc2cc(Cl)ccc2OC1. The molecule has 1 aromatic rings. The third-order valence-electron chi connectivity index (χ3n) is 3.72. The van der Waals surface area contributed by atoms with Crippen molar-refractivity contribution in [2.75, 3.05) is 26.2 Å². The molecule has 1 amide bonds. The molecule has 5 heteroatoms. The van der Waals surface area contributed by atoms with Crippen molar-refractivity contribution in [3.05, 3.63) is 34.4 Å². The molecule has 4 nitrogen and oxygen atoms in total. The molecule has 0 radical (unpaired) electrons. The minimum Gasteiger partial charge on any atom is -0.488 e. The third-order valence-corrected chi connectivity index (χ3v) is 3.96. The van der Waals surface area contributed by atoms with E-state index in [-0.39, 0.29) is 11.9 Å². The van der Waals surface area contributed by atoms with Crippen molar-refractivity contribution in [3.63, 3.8) is 0 Å². The molecule has 106 valence electrons. The second-order valence-electron chi connectivity index (χ2n) is 5.19. The highest BCUT2D eigenvalue weighted by atomic mass is 35.5. The quantitative estimate of drug-likeness (QED) is 0.860. The highest BCUT2D eigenvalue weighted by Gasteiger charge is 2.27. The Hall–Kier alpha value is -1.52. The fraction of sp³-hybridized carbons (Fsp3) is 0.400. The molecule has 1 N–H and O–H groups in total. The van der Waals surface area contributed by atoms with Crippen molar-refractivity contribution in [2.45, 2.75) is 13.0 Å². The van der Waals surface area contributed by atoms with Crippen LogP contribution < -0.4 is 10.1 Å². The Bertz CT molecular complexity index is 571. The van der Waals surface area contributed by atoms with Gasteiger partial charge in [-0.15, -0.1) is 0 Å². The first-order chi connectivity index (χ1) is 9.65. The average molecular weight is 293 g/mol. The highest BCUT2D eigenvalue weighted by Crippen LogP contribution is 2.29. The van der Waals surface area contributed by atoms with Gasteiger partial charge in [0.05, 0.1) is 5.57 Å². The molecule has 3 rings (SSSR count). The second-order valence-corrected chi connectivity index (χ2v) is 5.63. The van der Waals surface area contributed by atoms with Crippen LogP contribution in [0.5, 0.6) is 5.75 Å². The number of carbonyl (C=O) groups excluding carboxylic acids is 1. The summed E-state index contributed by atoms with van der Waals surface area (Å²) in [7, 11) is 0. The maximum atomic E-state index is 12.6. The number of hydrogen-bond donors (Lipinski definition) is 1. The lowest BCUT2D eigenvalue weighted by Crippen LogP contribution is -2.53. The monoisotopic (exact) mass is 292 g/mol. The number of halogens is 1. The molecule has 0 aromatic heterocycles. The Morgan fingerprint density at radius 3 is 3.15 bits per heavy atom. The summed E-state index contributed by atoms with van der Waals surface area (Å²) in [6, 6.07) is 5.66. The maximum Gasteiger partial charge on any atom is 0.253 e. The number of amides is 1. The van der Waals surface area contributed by atoms with Gasteiger partial charge in [0.25, 0.3) is 5.91 Å². The number of benzene rings is 1. The van der Waals surface area contributed by atoms with E-state index in [1.165, 1.54) is 0 Å². The molecule has 2 aliphatic heterocycles. The third kappa shape index (κ3) is 2.53. The minimum absolute atomic E-state index is 0.0598. The van der Waals surface area contributed by atoms with Crippen molar-refractivity contribution in [1.29, 1.82) is 0 Å². The molecule has 0 bridgehead atoms. The van der Waals surface area contributed by atoms with Crippen molar-refractivity contribution in [1.82, 2.24) is 10.2 Å². The summed E-state index contributed by atoms with van der Waals surface area (Å²) in [5.41, 5.74) is 1.56. The molecule has 0 saturated carbocycles. The highest BCUT2D eigenvalue weighted by molar-refractivity contribution is 6.30. The summed E-state index contributed by atoms with van der Waals surface area (Å²) in [6.07, 6.45) is 1.89. The van der Waals surface area contributed by atoms with Gasteiger partial charge < -0.3 is 15.0 Å².